The monoisotopic (exact) mass is 861 g/mol. The van der Waals surface area contributed by atoms with Gasteiger partial charge in [-0.05, 0) is 103 Å². The molecule has 0 unspecified atom stereocenters. The molecule has 21 heteroatoms. The summed E-state index contributed by atoms with van der Waals surface area (Å²) < 4.78 is 39.5. The molecule has 4 aliphatic carbocycles. The van der Waals surface area contributed by atoms with E-state index in [4.69, 9.17) is 28.5 Å². The van der Waals surface area contributed by atoms with Gasteiger partial charge in [-0.1, -0.05) is 24.3 Å². The van der Waals surface area contributed by atoms with Crippen molar-refractivity contribution in [3.63, 3.8) is 0 Å². The summed E-state index contributed by atoms with van der Waals surface area (Å²) in [6.07, 6.45) is 5.15. The highest BCUT2D eigenvalue weighted by Crippen LogP contribution is 2.63. The number of carboxylic acids is 2. The lowest BCUT2D eigenvalue weighted by atomic mass is 9.77. The third-order valence-corrected chi connectivity index (χ3v) is 13.0. The van der Waals surface area contributed by atoms with Gasteiger partial charge in [0.1, 0.15) is 51.4 Å². The molecule has 1 aromatic heterocycles. The number of aromatic nitrogens is 1. The summed E-state index contributed by atoms with van der Waals surface area (Å²) in [6.45, 7) is 2.97. The van der Waals surface area contributed by atoms with Gasteiger partial charge in [0.15, 0.2) is 11.6 Å². The van der Waals surface area contributed by atoms with Crippen LogP contribution in [0.4, 0.5) is 4.39 Å². The van der Waals surface area contributed by atoms with E-state index in [0.29, 0.717) is 40.2 Å². The summed E-state index contributed by atoms with van der Waals surface area (Å²) in [5.74, 6) is -0.240. The van der Waals surface area contributed by atoms with Crippen LogP contribution in [0.2, 0.25) is 23.3 Å². The molecule has 16 nitrogen and oxygen atoms in total. The van der Waals surface area contributed by atoms with Gasteiger partial charge >= 0.3 is 40.4 Å². The van der Waals surface area contributed by atoms with Gasteiger partial charge in [-0.25, -0.2) is 19.0 Å². The highest BCUT2D eigenvalue weighted by molar-refractivity contribution is 6.49. The Bertz CT molecular complexity index is 2500. The van der Waals surface area contributed by atoms with Gasteiger partial charge in [-0.15, -0.1) is 0 Å². The molecular weight excluding hydrogens is 821 g/mol. The smallest absolute Gasteiger partial charge is 0.526 e. The van der Waals surface area contributed by atoms with Gasteiger partial charge in [0.2, 0.25) is 0 Å². The Kier molecular flexibility index (Phi) is 10.8. The molecule has 0 saturated heterocycles. The molecule has 0 amide bonds. The number of Topliss-reactive ketones (excluding diaryl/α,β-unsaturated/α-hetero) is 2. The molecule has 0 bridgehead atoms. The van der Waals surface area contributed by atoms with Gasteiger partial charge in [-0.2, -0.15) is 0 Å². The summed E-state index contributed by atoms with van der Waals surface area (Å²) in [6, 6.07) is 13.6. The number of methoxy groups -OCH3 is 1. The Balaban J connectivity index is 0.000000107. The van der Waals surface area contributed by atoms with Crippen LogP contribution in [0.25, 0.3) is 0 Å². The second-order valence-electron chi connectivity index (χ2n) is 17.0. The zero-order valence-corrected chi connectivity index (χ0v) is 34.1. The molecular formula is C42H40B4FNO15. The van der Waals surface area contributed by atoms with Crippen LogP contribution >= 0.6 is 0 Å². The maximum Gasteiger partial charge on any atom is 0.526 e. The van der Waals surface area contributed by atoms with E-state index in [1.165, 1.54) is 27.0 Å². The number of nitrogens with zero attached hydrogens (tertiary/aromatic N) is 1. The second-order valence-corrected chi connectivity index (χ2v) is 17.0. The van der Waals surface area contributed by atoms with E-state index in [2.05, 4.69) is 4.98 Å². The quantitative estimate of drug-likeness (QED) is 0.114. The highest BCUT2D eigenvalue weighted by atomic mass is 19.1. The van der Waals surface area contributed by atoms with E-state index in [1.54, 1.807) is 18.3 Å². The second kappa shape index (κ2) is 16.0. The van der Waals surface area contributed by atoms with Crippen molar-refractivity contribution in [3.8, 4) is 28.7 Å². The van der Waals surface area contributed by atoms with E-state index in [9.17, 15) is 48.8 Å². The van der Waals surface area contributed by atoms with Crippen LogP contribution in [0.15, 0.2) is 54.7 Å². The molecule has 4 aliphatic heterocycles. The number of carboxylic acid groups (broad SMARTS) is 2. The number of ether oxygens (including phenoxy) is 1. The van der Waals surface area contributed by atoms with Crippen LogP contribution in [0.3, 0.4) is 0 Å². The van der Waals surface area contributed by atoms with Crippen molar-refractivity contribution in [2.24, 2.45) is 0 Å². The van der Waals surface area contributed by atoms with E-state index in [0.717, 1.165) is 48.4 Å². The van der Waals surface area contributed by atoms with Crippen LogP contribution in [-0.2, 0) is 0 Å². The molecule has 6 N–H and O–H groups in total. The lowest BCUT2D eigenvalue weighted by molar-refractivity contribution is 0.0678. The molecule has 5 heterocycles. The van der Waals surface area contributed by atoms with Crippen LogP contribution in [0.1, 0.15) is 127 Å². The normalized spacial score (nSPS) is 25.7. The molecule has 8 aliphatic rings. The fourth-order valence-electron chi connectivity index (χ4n) is 9.33. The van der Waals surface area contributed by atoms with E-state index < -0.39 is 51.8 Å². The zero-order chi connectivity index (χ0) is 44.8. The summed E-state index contributed by atoms with van der Waals surface area (Å²) in [7, 11) is -2.02. The van der Waals surface area contributed by atoms with E-state index in [-0.39, 0.29) is 69.5 Å². The minimum absolute atomic E-state index is 0.00519. The molecule has 4 aromatic rings. The SMILES string of the molecule is CC(=O)c1cccc2c1OB(O)[C@@H]1C[C@H]21.CC(=O)c1nccc2c1OB(O)[C@@H]1C[C@H]21.COc1ccc2c(c1C(=O)O)OB(O)[C@@H]1C[C@H]21.O=C(O)c1c(F)ccc2c1OB(O)[C@@H]1C[C@H]21. The average molecular weight is 861 g/mol. The zero-order valence-electron chi connectivity index (χ0n) is 34.1. The number of aromatic carboxylic acids is 2. The number of carbonyl (C=O) groups excluding carboxylic acids is 2. The summed E-state index contributed by atoms with van der Waals surface area (Å²) in [4.78, 5) is 48.9. The van der Waals surface area contributed by atoms with Gasteiger partial charge in [-0.3, -0.25) is 9.59 Å². The third-order valence-electron chi connectivity index (χ3n) is 13.0. The highest BCUT2D eigenvalue weighted by Gasteiger charge is 2.57. The van der Waals surface area contributed by atoms with Crippen molar-refractivity contribution >= 4 is 52.0 Å². The van der Waals surface area contributed by atoms with Crippen molar-refractivity contribution in [1.82, 2.24) is 4.98 Å². The average Bonchev–Trinajstić information content (AvgIpc) is 4.05. The van der Waals surface area contributed by atoms with Crippen molar-refractivity contribution in [2.45, 2.75) is 86.5 Å². The first-order valence-corrected chi connectivity index (χ1v) is 20.6. The Morgan fingerprint density at radius 1 is 0.603 bits per heavy atom. The fourth-order valence-corrected chi connectivity index (χ4v) is 9.33. The fraction of sp³-hybridized carbons (Fsp3) is 0.357. The van der Waals surface area contributed by atoms with Crippen molar-refractivity contribution < 1.29 is 77.2 Å². The number of rotatable bonds is 5. The van der Waals surface area contributed by atoms with Crippen molar-refractivity contribution in [3.05, 3.63) is 105 Å². The topological polar surface area (TPSA) is 249 Å². The number of hydrogen-bond donors (Lipinski definition) is 6. The number of halogens is 1. The first kappa shape index (κ1) is 42.4. The third kappa shape index (κ3) is 7.70. The van der Waals surface area contributed by atoms with Crippen LogP contribution in [-0.4, -0.2) is 94.4 Å². The number of ketones is 2. The van der Waals surface area contributed by atoms with E-state index >= 15 is 0 Å². The van der Waals surface area contributed by atoms with Crippen LogP contribution in [0, 0.1) is 5.82 Å². The Morgan fingerprint density at radius 2 is 1.05 bits per heavy atom. The van der Waals surface area contributed by atoms with Gasteiger partial charge in [0.25, 0.3) is 0 Å². The van der Waals surface area contributed by atoms with Gasteiger partial charge in [0.05, 0.1) is 12.7 Å². The number of benzene rings is 3. The molecule has 322 valence electrons. The molecule has 12 rings (SSSR count). The van der Waals surface area contributed by atoms with Crippen LogP contribution < -0.4 is 23.4 Å². The number of hydrogen-bond acceptors (Lipinski definition) is 14. The van der Waals surface area contributed by atoms with Crippen molar-refractivity contribution in [2.75, 3.05) is 7.11 Å². The number of fused-ring (bicyclic) bond motifs is 12. The summed E-state index contributed by atoms with van der Waals surface area (Å²) >= 11 is 0. The minimum Gasteiger partial charge on any atom is -0.535 e. The first-order chi connectivity index (χ1) is 30.1. The number of pyridine rings is 1. The van der Waals surface area contributed by atoms with Crippen LogP contribution in [0.5, 0.6) is 28.7 Å². The molecule has 63 heavy (non-hydrogen) atoms. The Labute approximate surface area is 360 Å². The number of para-hydroxylation sites is 1. The summed E-state index contributed by atoms with van der Waals surface area (Å²) in [5.41, 5.74) is 4.07. The first-order valence-electron chi connectivity index (χ1n) is 20.6. The molecule has 4 fully saturated rings. The molecule has 8 atom stereocenters. The minimum atomic E-state index is -1.37. The van der Waals surface area contributed by atoms with Crippen molar-refractivity contribution in [1.29, 1.82) is 0 Å². The lowest BCUT2D eigenvalue weighted by Gasteiger charge is -2.22. The summed E-state index contributed by atoms with van der Waals surface area (Å²) in [5, 5.41) is 56.6. The predicted octanol–water partition coefficient (Wildman–Crippen LogP) is 5.01. The van der Waals surface area contributed by atoms with Gasteiger partial charge in [0, 0.05) is 36.4 Å². The van der Waals surface area contributed by atoms with Gasteiger partial charge < -0.3 is 53.7 Å². The lowest BCUT2D eigenvalue weighted by Crippen LogP contribution is -2.27. The molecule has 3 aromatic carbocycles. The predicted molar refractivity (Wildman–Crippen MR) is 223 cm³/mol. The molecule has 0 radical (unpaired) electrons. The maximum absolute atomic E-state index is 13.4. The Hall–Kier alpha value is -5.88. The molecule has 4 saturated carbocycles. The number of carbonyl (C=O) groups is 4. The molecule has 0 spiro atoms. The standard InChI is InChI=1S/C11H11BO5.C11H11BO3.C10H8BFO4.C10H10BNO3/c1-16-8-3-2-5-6-4-7(6)12(15)17-10(5)9(8)11(13)14;1-6(13)7-3-2-4-8-9-5-10(9)12(14)15-11(7)8;12-7-2-1-4-5-3-6(5)11(15)16-9(4)8(7)10(13)14;1-5(13)9-10-6(2-3-12-9)7-4-8(7)11(14)15-10/h2-3,6-7,15H,4H2,1H3,(H,13,14);2-4,9-10,14H,5H2,1H3;1-2,5-6,15H,3H2,(H,13,14);2-3,7-8,14H,4H2,1H3/t6-,7-;9-,10-;5-,6-;7-,8-/m1111/s1. The largest absolute Gasteiger partial charge is 0.535 e. The van der Waals surface area contributed by atoms with E-state index in [1.807, 2.05) is 24.3 Å². The Morgan fingerprint density at radius 3 is 1.52 bits per heavy atom. The maximum atomic E-state index is 13.4.